The number of amides is 1. The maximum atomic E-state index is 12.0. The average molecular weight is 459 g/mol. The molecule has 2 aliphatic rings. The van der Waals surface area contributed by atoms with E-state index in [1.54, 1.807) is 13.2 Å². The molecule has 0 aliphatic heterocycles. The largest absolute Gasteiger partial charge is 0.481 e. The van der Waals surface area contributed by atoms with Gasteiger partial charge in [-0.2, -0.15) is 0 Å². The van der Waals surface area contributed by atoms with E-state index < -0.39 is 11.9 Å². The van der Waals surface area contributed by atoms with Crippen LogP contribution in [-0.4, -0.2) is 42.8 Å². The Morgan fingerprint density at radius 2 is 1.91 bits per heavy atom. The molecule has 0 aromatic heterocycles. The van der Waals surface area contributed by atoms with Crippen LogP contribution in [-0.2, 0) is 21.4 Å². The Kier molecular flexibility index (Phi) is 8.94. The summed E-state index contributed by atoms with van der Waals surface area (Å²) < 4.78 is 5.95. The molecule has 1 fully saturated rings. The molecule has 0 bridgehead atoms. The van der Waals surface area contributed by atoms with Crippen molar-refractivity contribution in [1.29, 1.82) is 0 Å². The van der Waals surface area contributed by atoms with Gasteiger partial charge in [-0.05, 0) is 61.4 Å². The lowest BCUT2D eigenvalue weighted by Gasteiger charge is -2.49. The molecule has 0 saturated heterocycles. The Morgan fingerprint density at radius 1 is 1.21 bits per heavy atom. The first-order valence-corrected chi connectivity index (χ1v) is 12.8. The smallest absolute Gasteiger partial charge is 0.306 e. The maximum absolute atomic E-state index is 12.0. The highest BCUT2D eigenvalue weighted by Gasteiger charge is 2.46. The normalized spacial score (nSPS) is 23.6. The highest BCUT2D eigenvalue weighted by atomic mass is 16.5. The van der Waals surface area contributed by atoms with Crippen molar-refractivity contribution in [3.05, 3.63) is 34.9 Å². The molecule has 1 aromatic carbocycles. The van der Waals surface area contributed by atoms with E-state index in [4.69, 9.17) is 10.5 Å². The van der Waals surface area contributed by atoms with Gasteiger partial charge >= 0.3 is 5.97 Å². The molecule has 1 saturated carbocycles. The van der Waals surface area contributed by atoms with Crippen molar-refractivity contribution in [2.45, 2.75) is 95.6 Å². The topological polar surface area (TPSA) is 102 Å². The van der Waals surface area contributed by atoms with Gasteiger partial charge in [-0.15, -0.1) is 0 Å². The van der Waals surface area contributed by atoms with Crippen LogP contribution in [0.15, 0.2) is 18.2 Å². The molecule has 184 valence electrons. The van der Waals surface area contributed by atoms with Crippen LogP contribution in [0.3, 0.4) is 0 Å². The molecule has 0 radical (unpaired) electrons. The number of carboxylic acids is 1. The van der Waals surface area contributed by atoms with Crippen LogP contribution >= 0.6 is 0 Å². The van der Waals surface area contributed by atoms with E-state index >= 15 is 0 Å². The highest BCUT2D eigenvalue weighted by molar-refractivity contribution is 5.93. The molecule has 2 aliphatic carbocycles. The third kappa shape index (κ3) is 5.60. The number of carbonyl (C=O) groups excluding carboxylic acids is 1. The summed E-state index contributed by atoms with van der Waals surface area (Å²) in [4.78, 5) is 23.9. The molecule has 0 heterocycles. The lowest BCUT2D eigenvalue weighted by molar-refractivity contribution is -0.142. The monoisotopic (exact) mass is 458 g/mol. The number of hydrogen-bond acceptors (Lipinski definition) is 4. The average Bonchev–Trinajstić information content (AvgIpc) is 2.83. The number of carbonyl (C=O) groups is 2. The number of methoxy groups -OCH3 is 1. The zero-order valence-electron chi connectivity index (χ0n) is 20.6. The first-order valence-electron chi connectivity index (χ1n) is 12.8. The number of ether oxygens (including phenoxy) is 1. The van der Waals surface area contributed by atoms with Crippen LogP contribution in [0.5, 0.6) is 0 Å². The second kappa shape index (κ2) is 11.5. The molecule has 33 heavy (non-hydrogen) atoms. The molecular weight excluding hydrogens is 416 g/mol. The summed E-state index contributed by atoms with van der Waals surface area (Å²) >= 11 is 0. The molecule has 3 atom stereocenters. The highest BCUT2D eigenvalue weighted by Crippen LogP contribution is 2.44. The minimum atomic E-state index is -0.678. The van der Waals surface area contributed by atoms with Gasteiger partial charge in [0.15, 0.2) is 0 Å². The minimum absolute atomic E-state index is 0.0153. The number of benzene rings is 1. The van der Waals surface area contributed by atoms with Gasteiger partial charge in [-0.25, -0.2) is 0 Å². The second-order valence-corrected chi connectivity index (χ2v) is 10.1. The third-order valence-corrected chi connectivity index (χ3v) is 8.43. The molecule has 6 heteroatoms. The summed E-state index contributed by atoms with van der Waals surface area (Å²) in [6, 6.07) is 5.83. The Bertz CT molecular complexity index is 814. The van der Waals surface area contributed by atoms with Crippen molar-refractivity contribution in [1.82, 2.24) is 5.32 Å². The summed E-state index contributed by atoms with van der Waals surface area (Å²) in [5.74, 6) is -0.852. The van der Waals surface area contributed by atoms with Crippen molar-refractivity contribution >= 4 is 11.9 Å². The fourth-order valence-electron chi connectivity index (χ4n) is 6.43. The summed E-state index contributed by atoms with van der Waals surface area (Å²) in [7, 11) is 1.75. The lowest BCUT2D eigenvalue weighted by Crippen LogP contribution is -2.59. The van der Waals surface area contributed by atoms with Crippen molar-refractivity contribution < 1.29 is 19.4 Å². The standard InChI is InChI=1S/C27H42N2O4/c1-4-27(5-2)22-16-20(25(28)30)12-11-19(22)17-23(33-3)24(27)29-14-13-21(26(31)32)15-18-9-7-6-8-10-18/h11-12,16,18,21,23-24,29H,4-10,13-15,17H2,1-3H3,(H2,28,30)(H,31,32)/t21-,23+,24-/m1/s1. The summed E-state index contributed by atoms with van der Waals surface area (Å²) in [6.45, 7) is 5.00. The number of aliphatic carboxylic acids is 1. The summed E-state index contributed by atoms with van der Waals surface area (Å²) in [6.07, 6.45) is 10.0. The van der Waals surface area contributed by atoms with Gasteiger partial charge in [0.05, 0.1) is 12.0 Å². The van der Waals surface area contributed by atoms with Gasteiger partial charge in [-0.3, -0.25) is 9.59 Å². The summed E-state index contributed by atoms with van der Waals surface area (Å²) in [5, 5.41) is 13.6. The number of nitrogens with one attached hydrogen (secondary N) is 1. The predicted octanol–water partition coefficient (Wildman–Crippen LogP) is 4.43. The first kappa shape index (κ1) is 25.7. The number of carboxylic acid groups (broad SMARTS) is 1. The maximum Gasteiger partial charge on any atom is 0.306 e. The Hall–Kier alpha value is -1.92. The third-order valence-electron chi connectivity index (χ3n) is 8.43. The fraction of sp³-hybridized carbons (Fsp3) is 0.704. The predicted molar refractivity (Wildman–Crippen MR) is 130 cm³/mol. The first-order chi connectivity index (χ1) is 15.9. The van der Waals surface area contributed by atoms with E-state index in [0.29, 0.717) is 24.4 Å². The van der Waals surface area contributed by atoms with Gasteiger partial charge in [-0.1, -0.05) is 52.0 Å². The Morgan fingerprint density at radius 3 is 2.48 bits per heavy atom. The molecule has 3 rings (SSSR count). The number of primary amides is 1. The van der Waals surface area contributed by atoms with Crippen LogP contribution in [0.4, 0.5) is 0 Å². The van der Waals surface area contributed by atoms with Crippen LogP contribution in [0.25, 0.3) is 0 Å². The van der Waals surface area contributed by atoms with Crippen molar-refractivity contribution in [2.24, 2.45) is 17.6 Å². The summed E-state index contributed by atoms with van der Waals surface area (Å²) in [5.41, 5.74) is 8.29. The molecule has 0 spiro atoms. The molecular formula is C27H42N2O4. The van der Waals surface area contributed by atoms with E-state index in [0.717, 1.165) is 25.7 Å². The second-order valence-electron chi connectivity index (χ2n) is 10.1. The Labute approximate surface area is 198 Å². The molecule has 1 aromatic rings. The lowest BCUT2D eigenvalue weighted by atomic mass is 9.62. The number of hydrogen-bond donors (Lipinski definition) is 3. The van der Waals surface area contributed by atoms with E-state index in [1.807, 2.05) is 12.1 Å². The van der Waals surface area contributed by atoms with E-state index in [9.17, 15) is 14.7 Å². The fourth-order valence-corrected chi connectivity index (χ4v) is 6.43. The van der Waals surface area contributed by atoms with Gasteiger partial charge in [0.1, 0.15) is 0 Å². The van der Waals surface area contributed by atoms with E-state index in [1.165, 1.54) is 43.2 Å². The van der Waals surface area contributed by atoms with Gasteiger partial charge < -0.3 is 20.9 Å². The van der Waals surface area contributed by atoms with Crippen molar-refractivity contribution in [3.8, 4) is 0 Å². The number of fused-ring (bicyclic) bond motifs is 1. The zero-order valence-corrected chi connectivity index (χ0v) is 20.6. The van der Waals surface area contributed by atoms with Crippen molar-refractivity contribution in [2.75, 3.05) is 13.7 Å². The van der Waals surface area contributed by atoms with Crippen molar-refractivity contribution in [3.63, 3.8) is 0 Å². The van der Waals surface area contributed by atoms with Crippen LogP contribution in [0.1, 0.15) is 93.1 Å². The molecule has 1 amide bonds. The zero-order chi connectivity index (χ0) is 24.0. The van der Waals surface area contributed by atoms with Gasteiger partial charge in [0.2, 0.25) is 5.91 Å². The Balaban J connectivity index is 1.78. The van der Waals surface area contributed by atoms with E-state index in [2.05, 4.69) is 19.2 Å². The molecule has 0 unspecified atom stereocenters. The quantitative estimate of drug-likeness (QED) is 0.455. The molecule has 4 N–H and O–H groups in total. The number of nitrogens with two attached hydrogens (primary N) is 1. The minimum Gasteiger partial charge on any atom is -0.481 e. The SMILES string of the molecule is CCC1(CC)c2cc(C(N)=O)ccc2C[C@H](OC)[C@H]1NCC[C@H](CC1CCCCC1)C(=O)O. The van der Waals surface area contributed by atoms with Gasteiger partial charge in [0.25, 0.3) is 0 Å². The number of rotatable bonds is 11. The van der Waals surface area contributed by atoms with E-state index in [-0.39, 0.29) is 23.5 Å². The molecule has 6 nitrogen and oxygen atoms in total. The van der Waals surface area contributed by atoms with Gasteiger partial charge in [0, 0.05) is 30.6 Å². The van der Waals surface area contributed by atoms with Crippen LogP contribution in [0, 0.1) is 11.8 Å². The van der Waals surface area contributed by atoms with Crippen LogP contribution in [0.2, 0.25) is 0 Å². The van der Waals surface area contributed by atoms with Crippen LogP contribution < -0.4 is 11.1 Å².